The molecule has 2 heterocycles. The second-order valence-corrected chi connectivity index (χ2v) is 3.81. The molecule has 0 bridgehead atoms. The molecular formula is C8H4BrClN2O2. The van der Waals surface area contributed by atoms with Crippen LogP contribution < -0.4 is 0 Å². The van der Waals surface area contributed by atoms with Gasteiger partial charge in [0.05, 0.1) is 16.1 Å². The van der Waals surface area contributed by atoms with Crippen molar-refractivity contribution in [2.24, 2.45) is 0 Å². The Morgan fingerprint density at radius 2 is 2.36 bits per heavy atom. The number of aromatic nitrogens is 2. The van der Waals surface area contributed by atoms with Gasteiger partial charge in [-0.05, 0) is 15.9 Å². The first-order valence-corrected chi connectivity index (χ1v) is 4.82. The smallest absolute Gasteiger partial charge is 0.337 e. The van der Waals surface area contributed by atoms with Crippen molar-refractivity contribution in [1.29, 1.82) is 0 Å². The fraction of sp³-hybridized carbons (Fsp3) is 0. The van der Waals surface area contributed by atoms with Crippen LogP contribution in [0.5, 0.6) is 0 Å². The van der Waals surface area contributed by atoms with E-state index < -0.39 is 5.97 Å². The van der Waals surface area contributed by atoms with Crippen molar-refractivity contribution in [2.45, 2.75) is 0 Å². The van der Waals surface area contributed by atoms with Crippen LogP contribution in [0.15, 0.2) is 17.0 Å². The van der Waals surface area contributed by atoms with Crippen LogP contribution in [0.3, 0.4) is 0 Å². The Kier molecular flexibility index (Phi) is 2.20. The summed E-state index contributed by atoms with van der Waals surface area (Å²) >= 11 is 9.02. The molecule has 0 spiro atoms. The van der Waals surface area contributed by atoms with Crippen LogP contribution >= 0.6 is 27.5 Å². The lowest BCUT2D eigenvalue weighted by molar-refractivity contribution is 0.0699. The van der Waals surface area contributed by atoms with Crippen molar-refractivity contribution in [3.63, 3.8) is 0 Å². The maximum Gasteiger partial charge on any atom is 0.337 e. The first-order valence-electron chi connectivity index (χ1n) is 3.65. The molecule has 0 amide bonds. The van der Waals surface area contributed by atoms with Crippen molar-refractivity contribution in [2.75, 3.05) is 0 Å². The molecule has 0 aliphatic carbocycles. The molecule has 0 fully saturated rings. The molecular weight excluding hydrogens is 271 g/mol. The summed E-state index contributed by atoms with van der Waals surface area (Å²) in [5, 5.41) is 9.76. The maximum absolute atomic E-state index is 10.8. The van der Waals surface area contributed by atoms with Crippen LogP contribution in [0.2, 0.25) is 5.02 Å². The van der Waals surface area contributed by atoms with Crippen molar-refractivity contribution in [1.82, 2.24) is 9.97 Å². The predicted molar refractivity (Wildman–Crippen MR) is 55.8 cm³/mol. The molecule has 0 atom stereocenters. The molecule has 0 unspecified atom stereocenters. The van der Waals surface area contributed by atoms with Crippen LogP contribution in [0.25, 0.3) is 10.9 Å². The summed E-state index contributed by atoms with van der Waals surface area (Å²) in [6.07, 6.45) is 2.85. The van der Waals surface area contributed by atoms with Gasteiger partial charge in [-0.25, -0.2) is 9.78 Å². The van der Waals surface area contributed by atoms with Gasteiger partial charge >= 0.3 is 5.97 Å². The van der Waals surface area contributed by atoms with Gasteiger partial charge in [-0.3, -0.25) is 0 Å². The van der Waals surface area contributed by atoms with E-state index in [1.54, 1.807) is 0 Å². The fourth-order valence-corrected chi connectivity index (χ4v) is 1.95. The summed E-state index contributed by atoms with van der Waals surface area (Å²) in [4.78, 5) is 17.5. The highest BCUT2D eigenvalue weighted by Crippen LogP contribution is 2.29. The maximum atomic E-state index is 10.8. The second-order valence-electron chi connectivity index (χ2n) is 2.65. The third-order valence-corrected chi connectivity index (χ3v) is 2.73. The first kappa shape index (κ1) is 9.48. The Labute approximate surface area is 92.0 Å². The largest absolute Gasteiger partial charge is 0.478 e. The Hall–Kier alpha value is -1.07. The van der Waals surface area contributed by atoms with Crippen LogP contribution in [0.1, 0.15) is 10.4 Å². The summed E-state index contributed by atoms with van der Waals surface area (Å²) in [5.41, 5.74) is 0.729. The number of nitrogens with zero attached hydrogens (tertiary/aromatic N) is 1. The third kappa shape index (κ3) is 1.29. The summed E-state index contributed by atoms with van der Waals surface area (Å²) in [6, 6.07) is 0. The number of hydrogen-bond acceptors (Lipinski definition) is 2. The van der Waals surface area contributed by atoms with Gasteiger partial charge in [-0.1, -0.05) is 11.6 Å². The summed E-state index contributed by atoms with van der Waals surface area (Å²) < 4.78 is 0.468. The van der Waals surface area contributed by atoms with E-state index in [2.05, 4.69) is 25.9 Å². The van der Waals surface area contributed by atoms with Crippen LogP contribution in [0.4, 0.5) is 0 Å². The van der Waals surface area contributed by atoms with Crippen molar-refractivity contribution >= 4 is 44.4 Å². The SMILES string of the molecule is O=C(O)c1c[nH]c2c(Cl)cnc(Br)c12. The molecule has 0 aromatic carbocycles. The molecule has 0 saturated carbocycles. The number of H-pyrrole nitrogens is 1. The molecule has 0 saturated heterocycles. The van der Waals surface area contributed by atoms with Crippen LogP contribution in [0, 0.1) is 0 Å². The number of rotatable bonds is 1. The molecule has 2 aromatic heterocycles. The number of carbonyl (C=O) groups is 1. The molecule has 72 valence electrons. The molecule has 6 heteroatoms. The Morgan fingerprint density at radius 1 is 1.64 bits per heavy atom. The van der Waals surface area contributed by atoms with Gasteiger partial charge < -0.3 is 10.1 Å². The van der Waals surface area contributed by atoms with E-state index in [-0.39, 0.29) is 5.56 Å². The monoisotopic (exact) mass is 274 g/mol. The minimum Gasteiger partial charge on any atom is -0.478 e. The number of halogens is 2. The van der Waals surface area contributed by atoms with E-state index >= 15 is 0 Å². The van der Waals surface area contributed by atoms with E-state index in [0.29, 0.717) is 20.5 Å². The Balaban J connectivity index is 2.90. The van der Waals surface area contributed by atoms with Gasteiger partial charge in [0.15, 0.2) is 0 Å². The third-order valence-electron chi connectivity index (χ3n) is 1.85. The molecule has 0 radical (unpaired) electrons. The second kappa shape index (κ2) is 3.25. The highest BCUT2D eigenvalue weighted by molar-refractivity contribution is 9.10. The predicted octanol–water partition coefficient (Wildman–Crippen LogP) is 2.68. The quantitative estimate of drug-likeness (QED) is 0.786. The standard InChI is InChI=1S/C8H4BrClN2O2/c9-7-5-3(8(13)14)1-11-6(5)4(10)2-12-7/h1-2,11H,(H,13,14). The number of hydrogen-bond donors (Lipinski definition) is 2. The van der Waals surface area contributed by atoms with Crippen LogP contribution in [-0.2, 0) is 0 Å². The highest BCUT2D eigenvalue weighted by Gasteiger charge is 2.15. The van der Waals surface area contributed by atoms with Crippen LogP contribution in [-0.4, -0.2) is 21.0 Å². The van der Waals surface area contributed by atoms with E-state index in [9.17, 15) is 4.79 Å². The van der Waals surface area contributed by atoms with Crippen molar-refractivity contribution in [3.05, 3.63) is 27.6 Å². The zero-order valence-electron chi connectivity index (χ0n) is 6.71. The lowest BCUT2D eigenvalue weighted by Crippen LogP contribution is -1.94. The molecule has 14 heavy (non-hydrogen) atoms. The van der Waals surface area contributed by atoms with Gasteiger partial charge in [0.2, 0.25) is 0 Å². The van der Waals surface area contributed by atoms with Gasteiger partial charge in [0, 0.05) is 17.8 Å². The summed E-state index contributed by atoms with van der Waals surface area (Å²) in [6.45, 7) is 0. The number of fused-ring (bicyclic) bond motifs is 1. The average molecular weight is 275 g/mol. The van der Waals surface area contributed by atoms with Gasteiger partial charge in [-0.15, -0.1) is 0 Å². The number of carboxylic acid groups (broad SMARTS) is 1. The number of carboxylic acids is 1. The molecule has 2 rings (SSSR count). The van der Waals surface area contributed by atoms with E-state index in [4.69, 9.17) is 16.7 Å². The summed E-state index contributed by atoms with van der Waals surface area (Å²) in [7, 11) is 0. The lowest BCUT2D eigenvalue weighted by atomic mass is 10.2. The van der Waals surface area contributed by atoms with Gasteiger partial charge in [0.1, 0.15) is 4.60 Å². The number of nitrogens with one attached hydrogen (secondary N) is 1. The molecule has 2 N–H and O–H groups in total. The number of aromatic carboxylic acids is 1. The minimum atomic E-state index is -1.01. The van der Waals surface area contributed by atoms with E-state index in [0.717, 1.165) is 0 Å². The van der Waals surface area contributed by atoms with Gasteiger partial charge in [0.25, 0.3) is 0 Å². The average Bonchev–Trinajstić information content (AvgIpc) is 2.56. The van der Waals surface area contributed by atoms with Crippen molar-refractivity contribution in [3.8, 4) is 0 Å². The topological polar surface area (TPSA) is 66.0 Å². The zero-order chi connectivity index (χ0) is 10.3. The lowest BCUT2D eigenvalue weighted by Gasteiger charge is -1.97. The number of aromatic amines is 1. The molecule has 0 aliphatic heterocycles. The van der Waals surface area contributed by atoms with Crippen molar-refractivity contribution < 1.29 is 9.90 Å². The molecule has 0 aliphatic rings. The highest BCUT2D eigenvalue weighted by atomic mass is 79.9. The normalized spacial score (nSPS) is 10.7. The Bertz CT molecular complexity index is 523. The number of pyridine rings is 1. The fourth-order valence-electron chi connectivity index (χ4n) is 1.24. The van der Waals surface area contributed by atoms with Gasteiger partial charge in [-0.2, -0.15) is 0 Å². The molecule has 2 aromatic rings. The zero-order valence-corrected chi connectivity index (χ0v) is 9.06. The van der Waals surface area contributed by atoms with E-state index in [1.807, 2.05) is 0 Å². The molecule has 4 nitrogen and oxygen atoms in total. The minimum absolute atomic E-state index is 0.155. The first-order chi connectivity index (χ1) is 6.61. The Morgan fingerprint density at radius 3 is 3.00 bits per heavy atom. The summed E-state index contributed by atoms with van der Waals surface area (Å²) in [5.74, 6) is -1.01. The van der Waals surface area contributed by atoms with E-state index in [1.165, 1.54) is 12.4 Å².